The quantitative estimate of drug-likeness (QED) is 0.329. The first kappa shape index (κ1) is 8.88. The maximum Gasteiger partial charge on any atom is 0.305 e. The van der Waals surface area contributed by atoms with Crippen LogP contribution < -0.4 is 0 Å². The van der Waals surface area contributed by atoms with E-state index in [-0.39, 0.29) is 5.97 Å². The van der Waals surface area contributed by atoms with E-state index in [4.69, 9.17) is 0 Å². The van der Waals surface area contributed by atoms with Gasteiger partial charge in [0.25, 0.3) is 0 Å². The first-order valence-corrected chi connectivity index (χ1v) is 2.98. The van der Waals surface area contributed by atoms with Crippen LogP contribution in [0.1, 0.15) is 12.8 Å². The summed E-state index contributed by atoms with van der Waals surface area (Å²) in [6.45, 7) is 0. The van der Waals surface area contributed by atoms with Gasteiger partial charge in [0.05, 0.1) is 7.11 Å². The van der Waals surface area contributed by atoms with Crippen LogP contribution in [-0.2, 0) is 14.3 Å². The van der Waals surface area contributed by atoms with E-state index in [1.807, 2.05) is 0 Å². The molecule has 10 heavy (non-hydrogen) atoms. The first-order chi connectivity index (χ1) is 4.81. The number of carbonyl (C=O) groups excluding carboxylic acids is 2. The SMILES string of the molecule is COC(=O)CC/C=C\C=O. The zero-order valence-corrected chi connectivity index (χ0v) is 5.87. The highest BCUT2D eigenvalue weighted by Crippen LogP contribution is 1.91. The zero-order chi connectivity index (χ0) is 7.82. The number of hydrogen-bond acceptors (Lipinski definition) is 3. The van der Waals surface area contributed by atoms with Crippen molar-refractivity contribution in [3.8, 4) is 0 Å². The average molecular weight is 142 g/mol. The third kappa shape index (κ3) is 5.03. The summed E-state index contributed by atoms with van der Waals surface area (Å²) in [7, 11) is 1.34. The number of esters is 1. The van der Waals surface area contributed by atoms with E-state index in [9.17, 15) is 9.59 Å². The minimum Gasteiger partial charge on any atom is -0.469 e. The first-order valence-electron chi connectivity index (χ1n) is 2.98. The van der Waals surface area contributed by atoms with E-state index in [0.717, 1.165) is 0 Å². The standard InChI is InChI=1S/C7H10O3/c1-10-7(9)5-3-2-4-6-8/h2,4,6H,3,5H2,1H3/b4-2-. The molecule has 0 atom stereocenters. The maximum absolute atomic E-state index is 10.4. The molecule has 0 saturated carbocycles. The van der Waals surface area contributed by atoms with E-state index in [2.05, 4.69) is 4.74 Å². The van der Waals surface area contributed by atoms with Gasteiger partial charge in [0.15, 0.2) is 0 Å². The van der Waals surface area contributed by atoms with Gasteiger partial charge < -0.3 is 4.74 Å². The van der Waals surface area contributed by atoms with Crippen molar-refractivity contribution in [2.24, 2.45) is 0 Å². The molecule has 0 N–H and O–H groups in total. The van der Waals surface area contributed by atoms with E-state index in [1.165, 1.54) is 13.2 Å². The number of aldehydes is 1. The molecule has 56 valence electrons. The number of ether oxygens (including phenoxy) is 1. The molecule has 0 aliphatic heterocycles. The smallest absolute Gasteiger partial charge is 0.305 e. The van der Waals surface area contributed by atoms with Crippen molar-refractivity contribution in [1.82, 2.24) is 0 Å². The fourth-order valence-corrected chi connectivity index (χ4v) is 0.455. The van der Waals surface area contributed by atoms with Crippen molar-refractivity contribution in [3.05, 3.63) is 12.2 Å². The van der Waals surface area contributed by atoms with Crippen LogP contribution in [0.5, 0.6) is 0 Å². The van der Waals surface area contributed by atoms with Crippen LogP contribution in [0.25, 0.3) is 0 Å². The summed E-state index contributed by atoms with van der Waals surface area (Å²) >= 11 is 0. The van der Waals surface area contributed by atoms with Gasteiger partial charge in [-0.1, -0.05) is 6.08 Å². The van der Waals surface area contributed by atoms with Crippen LogP contribution in [0, 0.1) is 0 Å². The van der Waals surface area contributed by atoms with Crippen LogP contribution in [0.2, 0.25) is 0 Å². The fourth-order valence-electron chi connectivity index (χ4n) is 0.455. The predicted octanol–water partition coefficient (Wildman–Crippen LogP) is 0.695. The average Bonchev–Trinajstić information content (AvgIpc) is 1.98. The zero-order valence-electron chi connectivity index (χ0n) is 5.87. The molecule has 0 rings (SSSR count). The van der Waals surface area contributed by atoms with Crippen LogP contribution >= 0.6 is 0 Å². The molecule has 0 unspecified atom stereocenters. The highest BCUT2D eigenvalue weighted by molar-refractivity contribution is 5.69. The molecule has 0 aliphatic rings. The van der Waals surface area contributed by atoms with Crippen LogP contribution in [0.3, 0.4) is 0 Å². The molecular formula is C7H10O3. The third-order valence-corrected chi connectivity index (χ3v) is 0.957. The van der Waals surface area contributed by atoms with Gasteiger partial charge in [-0.25, -0.2) is 0 Å². The highest BCUT2D eigenvalue weighted by atomic mass is 16.5. The second-order valence-electron chi connectivity index (χ2n) is 1.68. The van der Waals surface area contributed by atoms with Gasteiger partial charge in [-0.15, -0.1) is 0 Å². The minimum atomic E-state index is -0.254. The Balaban J connectivity index is 3.27. The molecule has 3 nitrogen and oxygen atoms in total. The second kappa shape index (κ2) is 6.01. The summed E-state index contributed by atoms with van der Waals surface area (Å²) in [5.74, 6) is -0.254. The predicted molar refractivity (Wildman–Crippen MR) is 36.5 cm³/mol. The van der Waals surface area contributed by atoms with Gasteiger partial charge in [-0.2, -0.15) is 0 Å². The molecular weight excluding hydrogens is 132 g/mol. The van der Waals surface area contributed by atoms with Crippen molar-refractivity contribution in [1.29, 1.82) is 0 Å². The van der Waals surface area contributed by atoms with E-state index in [1.54, 1.807) is 6.08 Å². The topological polar surface area (TPSA) is 43.4 Å². The van der Waals surface area contributed by atoms with Gasteiger partial charge in [-0.3, -0.25) is 9.59 Å². The Labute approximate surface area is 59.7 Å². The molecule has 0 amide bonds. The van der Waals surface area contributed by atoms with Crippen molar-refractivity contribution in [2.75, 3.05) is 7.11 Å². The molecule has 0 spiro atoms. The summed E-state index contributed by atoms with van der Waals surface area (Å²) in [5.41, 5.74) is 0. The number of methoxy groups -OCH3 is 1. The Morgan fingerprint density at radius 1 is 1.60 bits per heavy atom. The molecule has 0 heterocycles. The Morgan fingerprint density at radius 2 is 2.30 bits per heavy atom. The van der Waals surface area contributed by atoms with Crippen molar-refractivity contribution < 1.29 is 14.3 Å². The summed E-state index contributed by atoms with van der Waals surface area (Å²) in [6.07, 6.45) is 4.57. The van der Waals surface area contributed by atoms with E-state index in [0.29, 0.717) is 19.1 Å². The Bertz CT molecular complexity index is 138. The Hall–Kier alpha value is -1.12. The maximum atomic E-state index is 10.4. The molecule has 0 aromatic rings. The summed E-state index contributed by atoms with van der Waals surface area (Å²) < 4.78 is 4.37. The van der Waals surface area contributed by atoms with Crippen molar-refractivity contribution in [2.45, 2.75) is 12.8 Å². The molecule has 0 bridgehead atoms. The lowest BCUT2D eigenvalue weighted by Crippen LogP contribution is -1.97. The lowest BCUT2D eigenvalue weighted by molar-refractivity contribution is -0.140. The Morgan fingerprint density at radius 3 is 2.80 bits per heavy atom. The second-order valence-corrected chi connectivity index (χ2v) is 1.68. The lowest BCUT2D eigenvalue weighted by Gasteiger charge is -1.92. The molecule has 3 heteroatoms. The lowest BCUT2D eigenvalue weighted by atomic mass is 10.3. The largest absolute Gasteiger partial charge is 0.469 e. The minimum absolute atomic E-state index is 0.254. The molecule has 0 fully saturated rings. The molecule has 0 aromatic heterocycles. The van der Waals surface area contributed by atoms with Crippen molar-refractivity contribution in [3.63, 3.8) is 0 Å². The summed E-state index contributed by atoms with van der Waals surface area (Å²) in [4.78, 5) is 20.1. The molecule has 0 aliphatic carbocycles. The van der Waals surface area contributed by atoms with E-state index >= 15 is 0 Å². The third-order valence-electron chi connectivity index (χ3n) is 0.957. The van der Waals surface area contributed by atoms with Gasteiger partial charge >= 0.3 is 5.97 Å². The van der Waals surface area contributed by atoms with Crippen LogP contribution in [0.4, 0.5) is 0 Å². The van der Waals surface area contributed by atoms with Gasteiger partial charge in [0, 0.05) is 6.42 Å². The number of hydrogen-bond donors (Lipinski definition) is 0. The van der Waals surface area contributed by atoms with E-state index < -0.39 is 0 Å². The van der Waals surface area contributed by atoms with Gasteiger partial charge in [-0.05, 0) is 12.5 Å². The van der Waals surface area contributed by atoms with Gasteiger partial charge in [0.1, 0.15) is 6.29 Å². The monoisotopic (exact) mass is 142 g/mol. The van der Waals surface area contributed by atoms with Gasteiger partial charge in [0.2, 0.25) is 0 Å². The number of carbonyl (C=O) groups is 2. The Kier molecular flexibility index (Phi) is 5.33. The normalized spacial score (nSPS) is 9.70. The molecule has 0 aromatic carbocycles. The summed E-state index contributed by atoms with van der Waals surface area (Å²) in [5, 5.41) is 0. The molecule has 0 radical (unpaired) electrons. The fraction of sp³-hybridized carbons (Fsp3) is 0.429. The molecule has 0 saturated heterocycles. The number of rotatable bonds is 4. The summed E-state index contributed by atoms with van der Waals surface area (Å²) in [6, 6.07) is 0. The van der Waals surface area contributed by atoms with Crippen molar-refractivity contribution >= 4 is 12.3 Å². The van der Waals surface area contributed by atoms with Crippen LogP contribution in [0.15, 0.2) is 12.2 Å². The number of allylic oxidation sites excluding steroid dienone is 2. The van der Waals surface area contributed by atoms with Crippen LogP contribution in [-0.4, -0.2) is 19.4 Å². The highest BCUT2D eigenvalue weighted by Gasteiger charge is 1.94.